The van der Waals surface area contributed by atoms with Crippen LogP contribution < -0.4 is 10.1 Å². The highest BCUT2D eigenvalue weighted by atomic mass is 35.5. The Hall–Kier alpha value is -0.380. The summed E-state index contributed by atoms with van der Waals surface area (Å²) in [6.45, 7) is 7.73. The minimum Gasteiger partial charge on any atom is -0.495 e. The van der Waals surface area contributed by atoms with Crippen LogP contribution >= 0.6 is 23.4 Å². The third kappa shape index (κ3) is 5.94. The molecule has 1 N–H and O–H groups in total. The first kappa shape index (κ1) is 17.7. The van der Waals surface area contributed by atoms with Crippen molar-refractivity contribution >= 4 is 23.4 Å². The Labute approximate surface area is 132 Å². The van der Waals surface area contributed by atoms with Crippen molar-refractivity contribution in [1.82, 2.24) is 5.32 Å². The summed E-state index contributed by atoms with van der Waals surface area (Å²) >= 11 is 8.10. The van der Waals surface area contributed by atoms with Crippen molar-refractivity contribution in [3.8, 4) is 5.75 Å². The standard InChI is InChI=1S/C16H26ClNOS/c1-5-8-18-15(11-20-10-12(2)3)13-6-7-14(17)16(9-13)19-4/h6-7,9,12,15,18H,5,8,10-11H2,1-4H3. The van der Waals surface area contributed by atoms with E-state index in [1.807, 2.05) is 23.9 Å². The Bertz CT molecular complexity index is 398. The lowest BCUT2D eigenvalue weighted by atomic mass is 10.1. The molecular weight excluding hydrogens is 290 g/mol. The van der Waals surface area contributed by atoms with Gasteiger partial charge in [-0.1, -0.05) is 38.4 Å². The predicted molar refractivity (Wildman–Crippen MR) is 91.2 cm³/mol. The smallest absolute Gasteiger partial charge is 0.137 e. The van der Waals surface area contributed by atoms with Crippen LogP contribution in [0.3, 0.4) is 0 Å². The number of thioether (sulfide) groups is 1. The SMILES string of the molecule is CCCNC(CSCC(C)C)c1ccc(Cl)c(OC)c1. The first-order valence-electron chi connectivity index (χ1n) is 7.23. The maximum absolute atomic E-state index is 6.10. The van der Waals surface area contributed by atoms with E-state index in [1.54, 1.807) is 7.11 Å². The maximum atomic E-state index is 6.10. The fourth-order valence-corrected chi connectivity index (χ4v) is 3.25. The van der Waals surface area contributed by atoms with Gasteiger partial charge in [0.2, 0.25) is 0 Å². The van der Waals surface area contributed by atoms with Crippen LogP contribution in [0.4, 0.5) is 0 Å². The summed E-state index contributed by atoms with van der Waals surface area (Å²) in [5.74, 6) is 3.74. The molecule has 1 aromatic carbocycles. The molecule has 0 radical (unpaired) electrons. The van der Waals surface area contributed by atoms with E-state index >= 15 is 0 Å². The van der Waals surface area contributed by atoms with Crippen LogP contribution in [0.15, 0.2) is 18.2 Å². The van der Waals surface area contributed by atoms with Crippen molar-refractivity contribution in [2.45, 2.75) is 33.2 Å². The Morgan fingerprint density at radius 2 is 2.05 bits per heavy atom. The summed E-state index contributed by atoms with van der Waals surface area (Å²) in [4.78, 5) is 0. The molecule has 1 unspecified atom stereocenters. The van der Waals surface area contributed by atoms with E-state index in [-0.39, 0.29) is 0 Å². The zero-order valence-electron chi connectivity index (χ0n) is 12.9. The molecule has 0 spiro atoms. The number of hydrogen-bond acceptors (Lipinski definition) is 3. The normalized spacial score (nSPS) is 12.7. The third-order valence-corrected chi connectivity index (χ3v) is 4.74. The molecule has 2 nitrogen and oxygen atoms in total. The van der Waals surface area contributed by atoms with Crippen molar-refractivity contribution in [3.05, 3.63) is 28.8 Å². The molecule has 0 aliphatic heterocycles. The fraction of sp³-hybridized carbons (Fsp3) is 0.625. The third-order valence-electron chi connectivity index (χ3n) is 2.95. The highest BCUT2D eigenvalue weighted by Gasteiger charge is 2.13. The lowest BCUT2D eigenvalue weighted by Crippen LogP contribution is -2.24. The van der Waals surface area contributed by atoms with Crippen LogP contribution in [0.25, 0.3) is 0 Å². The van der Waals surface area contributed by atoms with Gasteiger partial charge in [-0.25, -0.2) is 0 Å². The molecule has 0 saturated heterocycles. The number of methoxy groups -OCH3 is 1. The molecule has 0 saturated carbocycles. The van der Waals surface area contributed by atoms with Crippen LogP contribution in [-0.4, -0.2) is 25.2 Å². The molecule has 0 aliphatic carbocycles. The zero-order chi connectivity index (χ0) is 15.0. The van der Waals surface area contributed by atoms with E-state index < -0.39 is 0 Å². The van der Waals surface area contributed by atoms with Gasteiger partial charge in [0.25, 0.3) is 0 Å². The topological polar surface area (TPSA) is 21.3 Å². The Morgan fingerprint density at radius 1 is 1.30 bits per heavy atom. The lowest BCUT2D eigenvalue weighted by molar-refractivity contribution is 0.413. The average molecular weight is 316 g/mol. The van der Waals surface area contributed by atoms with E-state index in [2.05, 4.69) is 32.2 Å². The molecule has 0 aliphatic rings. The highest BCUT2D eigenvalue weighted by Crippen LogP contribution is 2.29. The number of benzene rings is 1. The number of nitrogens with one attached hydrogen (secondary N) is 1. The van der Waals surface area contributed by atoms with Crippen molar-refractivity contribution in [2.75, 3.05) is 25.2 Å². The van der Waals surface area contributed by atoms with Gasteiger partial charge in [0.05, 0.1) is 12.1 Å². The second-order valence-corrected chi connectivity index (χ2v) is 6.81. The van der Waals surface area contributed by atoms with Gasteiger partial charge < -0.3 is 10.1 Å². The fourth-order valence-electron chi connectivity index (χ4n) is 1.91. The molecule has 0 amide bonds. The predicted octanol–water partition coefficient (Wildman–Crippen LogP) is 4.78. The lowest BCUT2D eigenvalue weighted by Gasteiger charge is -2.20. The zero-order valence-corrected chi connectivity index (χ0v) is 14.5. The number of hydrogen-bond donors (Lipinski definition) is 1. The van der Waals surface area contributed by atoms with Crippen molar-refractivity contribution in [2.24, 2.45) is 5.92 Å². The van der Waals surface area contributed by atoms with Gasteiger partial charge in [-0.05, 0) is 42.3 Å². The minimum absolute atomic E-state index is 0.352. The van der Waals surface area contributed by atoms with Crippen LogP contribution in [0, 0.1) is 5.92 Å². The number of ether oxygens (including phenoxy) is 1. The summed E-state index contributed by atoms with van der Waals surface area (Å²) in [6.07, 6.45) is 1.13. The highest BCUT2D eigenvalue weighted by molar-refractivity contribution is 7.99. The minimum atomic E-state index is 0.352. The summed E-state index contributed by atoms with van der Waals surface area (Å²) in [5, 5.41) is 4.28. The molecular formula is C16H26ClNOS. The number of halogens is 1. The summed E-state index contributed by atoms with van der Waals surface area (Å²) in [7, 11) is 1.66. The van der Waals surface area contributed by atoms with Gasteiger partial charge in [-0.3, -0.25) is 0 Å². The van der Waals surface area contributed by atoms with Crippen LogP contribution in [0.1, 0.15) is 38.8 Å². The van der Waals surface area contributed by atoms with Gasteiger partial charge in [0, 0.05) is 11.8 Å². The van der Waals surface area contributed by atoms with Crippen molar-refractivity contribution < 1.29 is 4.74 Å². The molecule has 114 valence electrons. The molecule has 0 heterocycles. The average Bonchev–Trinajstić information content (AvgIpc) is 2.43. The van der Waals surface area contributed by atoms with E-state index in [4.69, 9.17) is 16.3 Å². The second kappa shape index (κ2) is 9.54. The molecule has 0 bridgehead atoms. The molecule has 1 atom stereocenters. The Kier molecular flexibility index (Phi) is 8.43. The Morgan fingerprint density at radius 3 is 2.65 bits per heavy atom. The number of rotatable bonds is 9. The van der Waals surface area contributed by atoms with Gasteiger partial charge in [0.15, 0.2) is 0 Å². The first-order chi connectivity index (χ1) is 9.58. The van der Waals surface area contributed by atoms with Crippen LogP contribution in [0.5, 0.6) is 5.75 Å². The largest absolute Gasteiger partial charge is 0.495 e. The van der Waals surface area contributed by atoms with Gasteiger partial charge in [-0.2, -0.15) is 11.8 Å². The maximum Gasteiger partial charge on any atom is 0.137 e. The van der Waals surface area contributed by atoms with Gasteiger partial charge >= 0.3 is 0 Å². The molecule has 4 heteroatoms. The molecule has 0 aromatic heterocycles. The van der Waals surface area contributed by atoms with E-state index in [0.717, 1.165) is 30.4 Å². The second-order valence-electron chi connectivity index (χ2n) is 5.33. The van der Waals surface area contributed by atoms with Crippen LogP contribution in [-0.2, 0) is 0 Å². The molecule has 1 rings (SSSR count). The summed E-state index contributed by atoms with van der Waals surface area (Å²) in [5.41, 5.74) is 1.25. The van der Waals surface area contributed by atoms with E-state index in [0.29, 0.717) is 11.1 Å². The Balaban J connectivity index is 2.75. The van der Waals surface area contributed by atoms with Crippen LogP contribution in [0.2, 0.25) is 5.02 Å². The summed E-state index contributed by atoms with van der Waals surface area (Å²) in [6, 6.07) is 6.41. The molecule has 20 heavy (non-hydrogen) atoms. The molecule has 0 fully saturated rings. The van der Waals surface area contributed by atoms with Gasteiger partial charge in [0.1, 0.15) is 5.75 Å². The van der Waals surface area contributed by atoms with Crippen molar-refractivity contribution in [1.29, 1.82) is 0 Å². The quantitative estimate of drug-likeness (QED) is 0.708. The van der Waals surface area contributed by atoms with Gasteiger partial charge in [-0.15, -0.1) is 0 Å². The van der Waals surface area contributed by atoms with E-state index in [9.17, 15) is 0 Å². The summed E-state index contributed by atoms with van der Waals surface area (Å²) < 4.78 is 5.32. The first-order valence-corrected chi connectivity index (χ1v) is 8.76. The van der Waals surface area contributed by atoms with E-state index in [1.165, 1.54) is 11.3 Å². The van der Waals surface area contributed by atoms with Crippen molar-refractivity contribution in [3.63, 3.8) is 0 Å². The monoisotopic (exact) mass is 315 g/mol. The molecule has 1 aromatic rings.